The highest BCUT2D eigenvalue weighted by Gasteiger charge is 2.39. The molecule has 0 saturated heterocycles. The minimum absolute atomic E-state index is 0.0513. The summed E-state index contributed by atoms with van der Waals surface area (Å²) >= 11 is 0. The van der Waals surface area contributed by atoms with Gasteiger partial charge < -0.3 is 10.1 Å². The number of halogens is 1. The van der Waals surface area contributed by atoms with Gasteiger partial charge in [0.05, 0.1) is 19.2 Å². The van der Waals surface area contributed by atoms with Gasteiger partial charge in [0.25, 0.3) is 11.8 Å². The van der Waals surface area contributed by atoms with Crippen LogP contribution in [0.15, 0.2) is 72.4 Å². The molecule has 6 heteroatoms. The van der Waals surface area contributed by atoms with E-state index in [0.717, 1.165) is 16.8 Å². The number of anilines is 1. The number of nitrogens with zero attached hydrogens (tertiary/aromatic N) is 1. The number of benzene rings is 3. The zero-order valence-corrected chi connectivity index (χ0v) is 18.1. The van der Waals surface area contributed by atoms with E-state index in [9.17, 15) is 14.0 Å². The van der Waals surface area contributed by atoms with Gasteiger partial charge in [-0.15, -0.1) is 0 Å². The van der Waals surface area contributed by atoms with E-state index in [1.807, 2.05) is 32.0 Å². The summed E-state index contributed by atoms with van der Waals surface area (Å²) in [6.45, 7) is 3.99. The third-order valence-corrected chi connectivity index (χ3v) is 5.44. The van der Waals surface area contributed by atoms with Crippen LogP contribution in [-0.4, -0.2) is 23.8 Å². The van der Waals surface area contributed by atoms with Crippen molar-refractivity contribution in [2.45, 2.75) is 20.4 Å². The van der Waals surface area contributed by atoms with Gasteiger partial charge in [-0.3, -0.25) is 14.5 Å². The molecular weight excluding hydrogens is 407 g/mol. The average Bonchev–Trinajstić information content (AvgIpc) is 3.01. The number of hydrogen-bond acceptors (Lipinski definition) is 4. The maximum atomic E-state index is 13.4. The monoisotopic (exact) mass is 430 g/mol. The van der Waals surface area contributed by atoms with Gasteiger partial charge in [0.15, 0.2) is 0 Å². The predicted octanol–water partition coefficient (Wildman–Crippen LogP) is 4.84. The minimum Gasteiger partial charge on any atom is -0.497 e. The molecule has 2 amide bonds. The Labute approximate surface area is 186 Å². The first-order valence-corrected chi connectivity index (χ1v) is 10.2. The highest BCUT2D eigenvalue weighted by atomic mass is 19.1. The van der Waals surface area contributed by atoms with Crippen LogP contribution in [0.1, 0.15) is 22.3 Å². The van der Waals surface area contributed by atoms with Crippen LogP contribution in [0.25, 0.3) is 5.57 Å². The Morgan fingerprint density at radius 1 is 0.906 bits per heavy atom. The first kappa shape index (κ1) is 21.3. The fourth-order valence-electron chi connectivity index (χ4n) is 3.72. The third-order valence-electron chi connectivity index (χ3n) is 5.44. The molecule has 0 saturated carbocycles. The summed E-state index contributed by atoms with van der Waals surface area (Å²) in [5, 5.41) is 3.19. The highest BCUT2D eigenvalue weighted by molar-refractivity contribution is 6.36. The quantitative estimate of drug-likeness (QED) is 0.569. The van der Waals surface area contributed by atoms with Crippen molar-refractivity contribution in [3.63, 3.8) is 0 Å². The number of aryl methyl sites for hydroxylation is 2. The van der Waals surface area contributed by atoms with Crippen molar-refractivity contribution in [2.75, 3.05) is 12.4 Å². The predicted molar refractivity (Wildman–Crippen MR) is 121 cm³/mol. The summed E-state index contributed by atoms with van der Waals surface area (Å²) in [5.41, 5.74) is 4.59. The van der Waals surface area contributed by atoms with Gasteiger partial charge in [0, 0.05) is 5.69 Å². The van der Waals surface area contributed by atoms with Crippen LogP contribution in [0.4, 0.5) is 10.1 Å². The van der Waals surface area contributed by atoms with Gasteiger partial charge >= 0.3 is 0 Å². The number of imide groups is 1. The Morgan fingerprint density at radius 3 is 2.22 bits per heavy atom. The Hall–Kier alpha value is -3.93. The SMILES string of the molecule is COc1ccc(C2=C(Nc3ccc(C)cc3C)C(=O)N(Cc3ccc(F)cc3)C2=O)cc1. The highest BCUT2D eigenvalue weighted by Crippen LogP contribution is 2.33. The van der Waals surface area contributed by atoms with Gasteiger partial charge in [0.2, 0.25) is 0 Å². The molecule has 0 spiro atoms. The average molecular weight is 430 g/mol. The zero-order valence-electron chi connectivity index (χ0n) is 18.1. The molecule has 0 bridgehead atoms. The fraction of sp³-hybridized carbons (Fsp3) is 0.154. The molecule has 0 fully saturated rings. The number of rotatable bonds is 6. The Bertz CT molecular complexity index is 1210. The van der Waals surface area contributed by atoms with E-state index in [-0.39, 0.29) is 18.1 Å². The topological polar surface area (TPSA) is 58.6 Å². The summed E-state index contributed by atoms with van der Waals surface area (Å²) in [5.74, 6) is -0.554. The summed E-state index contributed by atoms with van der Waals surface area (Å²) in [7, 11) is 1.57. The number of carbonyl (C=O) groups excluding carboxylic acids is 2. The normalized spacial score (nSPS) is 13.7. The molecule has 0 unspecified atom stereocenters. The maximum Gasteiger partial charge on any atom is 0.278 e. The molecule has 4 rings (SSSR count). The molecule has 162 valence electrons. The van der Waals surface area contributed by atoms with Crippen LogP contribution in [0, 0.1) is 19.7 Å². The molecule has 1 aliphatic heterocycles. The van der Waals surface area contributed by atoms with Crippen LogP contribution in [-0.2, 0) is 16.1 Å². The molecule has 3 aromatic rings. The van der Waals surface area contributed by atoms with E-state index >= 15 is 0 Å². The first-order chi connectivity index (χ1) is 15.4. The second kappa shape index (κ2) is 8.67. The van der Waals surface area contributed by atoms with Crippen molar-refractivity contribution < 1.29 is 18.7 Å². The molecule has 0 aliphatic carbocycles. The van der Waals surface area contributed by atoms with Crippen molar-refractivity contribution >= 4 is 23.1 Å². The lowest BCUT2D eigenvalue weighted by molar-refractivity contribution is -0.137. The van der Waals surface area contributed by atoms with Gasteiger partial charge in [-0.05, 0) is 60.9 Å². The standard InChI is InChI=1S/C26H23FN2O3/c1-16-4-13-22(17(2)14-16)28-24-23(19-7-11-21(32-3)12-8-19)25(30)29(26(24)31)15-18-5-9-20(27)10-6-18/h4-14,28H,15H2,1-3H3. The number of amides is 2. The number of hydrogen-bond donors (Lipinski definition) is 1. The molecule has 1 heterocycles. The zero-order chi connectivity index (χ0) is 22.8. The van der Waals surface area contributed by atoms with Crippen LogP contribution >= 0.6 is 0 Å². The largest absolute Gasteiger partial charge is 0.497 e. The van der Waals surface area contributed by atoms with Gasteiger partial charge in [-0.1, -0.05) is 42.0 Å². The molecule has 0 atom stereocenters. The summed E-state index contributed by atoms with van der Waals surface area (Å²) in [6, 6.07) is 18.6. The van der Waals surface area contributed by atoms with E-state index in [0.29, 0.717) is 22.4 Å². The van der Waals surface area contributed by atoms with Crippen molar-refractivity contribution in [3.05, 3.63) is 100 Å². The van der Waals surface area contributed by atoms with Crippen molar-refractivity contribution in [1.82, 2.24) is 4.90 Å². The summed E-state index contributed by atoms with van der Waals surface area (Å²) < 4.78 is 18.5. The Morgan fingerprint density at radius 2 is 1.59 bits per heavy atom. The van der Waals surface area contributed by atoms with Gasteiger partial charge in [-0.25, -0.2) is 4.39 Å². The van der Waals surface area contributed by atoms with E-state index < -0.39 is 11.8 Å². The summed E-state index contributed by atoms with van der Waals surface area (Å²) in [6.07, 6.45) is 0. The molecule has 1 aliphatic rings. The van der Waals surface area contributed by atoms with E-state index in [4.69, 9.17) is 4.74 Å². The summed E-state index contributed by atoms with van der Waals surface area (Å²) in [4.78, 5) is 27.9. The molecule has 32 heavy (non-hydrogen) atoms. The maximum absolute atomic E-state index is 13.4. The lowest BCUT2D eigenvalue weighted by atomic mass is 10.0. The minimum atomic E-state index is -0.426. The number of carbonyl (C=O) groups is 2. The number of nitrogens with one attached hydrogen (secondary N) is 1. The van der Waals surface area contributed by atoms with Crippen LogP contribution in [0.2, 0.25) is 0 Å². The van der Waals surface area contributed by atoms with E-state index in [1.54, 1.807) is 43.5 Å². The van der Waals surface area contributed by atoms with Crippen LogP contribution < -0.4 is 10.1 Å². The Balaban J connectivity index is 1.74. The lowest BCUT2D eigenvalue weighted by Crippen LogP contribution is -2.32. The molecule has 1 N–H and O–H groups in total. The number of methoxy groups -OCH3 is 1. The lowest BCUT2D eigenvalue weighted by Gasteiger charge is -2.16. The molecule has 0 aromatic heterocycles. The van der Waals surface area contributed by atoms with Crippen molar-refractivity contribution in [2.24, 2.45) is 0 Å². The molecule has 0 radical (unpaired) electrons. The van der Waals surface area contributed by atoms with Crippen molar-refractivity contribution in [1.29, 1.82) is 0 Å². The van der Waals surface area contributed by atoms with Crippen LogP contribution in [0.5, 0.6) is 5.75 Å². The van der Waals surface area contributed by atoms with Crippen LogP contribution in [0.3, 0.4) is 0 Å². The van der Waals surface area contributed by atoms with Crippen molar-refractivity contribution in [3.8, 4) is 5.75 Å². The smallest absolute Gasteiger partial charge is 0.278 e. The Kier molecular flexibility index (Phi) is 5.77. The van der Waals surface area contributed by atoms with Gasteiger partial charge in [-0.2, -0.15) is 0 Å². The number of ether oxygens (including phenoxy) is 1. The molecule has 3 aromatic carbocycles. The van der Waals surface area contributed by atoms with Gasteiger partial charge in [0.1, 0.15) is 17.3 Å². The fourth-order valence-corrected chi connectivity index (χ4v) is 3.72. The van der Waals surface area contributed by atoms with E-state index in [1.165, 1.54) is 17.0 Å². The van der Waals surface area contributed by atoms with E-state index in [2.05, 4.69) is 5.32 Å². The molecule has 5 nitrogen and oxygen atoms in total. The first-order valence-electron chi connectivity index (χ1n) is 10.2. The second-order valence-electron chi connectivity index (χ2n) is 7.74. The third kappa shape index (κ3) is 4.12. The second-order valence-corrected chi connectivity index (χ2v) is 7.74. The molecular formula is C26H23FN2O3.